The van der Waals surface area contributed by atoms with Crippen molar-refractivity contribution in [1.82, 2.24) is 4.57 Å². The molecule has 0 aliphatic heterocycles. The number of nitrogens with zero attached hydrogens (tertiary/aromatic N) is 1. The van der Waals surface area contributed by atoms with E-state index < -0.39 is 28.6 Å². The summed E-state index contributed by atoms with van der Waals surface area (Å²) < 4.78 is 28.7. The monoisotopic (exact) mass is 359 g/mol. The number of halogens is 2. The number of carboxylic acids is 1. The SMILES string of the molecule is O=C(O)c1cn(CCO)c2ccc(Cc3cccc(F)c3F)cc2c1=O. The van der Waals surface area contributed by atoms with Crippen LogP contribution < -0.4 is 5.43 Å². The Morgan fingerprint density at radius 1 is 1.15 bits per heavy atom. The summed E-state index contributed by atoms with van der Waals surface area (Å²) in [6, 6.07) is 8.59. The van der Waals surface area contributed by atoms with Crippen LogP contribution >= 0.6 is 0 Å². The van der Waals surface area contributed by atoms with Gasteiger partial charge >= 0.3 is 5.97 Å². The molecule has 2 aromatic carbocycles. The second-order valence-corrected chi connectivity index (χ2v) is 5.84. The lowest BCUT2D eigenvalue weighted by molar-refractivity contribution is 0.0694. The van der Waals surface area contributed by atoms with Gasteiger partial charge < -0.3 is 14.8 Å². The molecule has 0 unspecified atom stereocenters. The standard InChI is InChI=1S/C19H15F2NO4/c20-15-3-1-2-12(17(15)21)8-11-4-5-16-13(9-11)18(24)14(19(25)26)10-22(16)6-7-23/h1-5,9-10,23H,6-8H2,(H,25,26). The van der Waals surface area contributed by atoms with Crippen molar-refractivity contribution >= 4 is 16.9 Å². The first-order valence-corrected chi connectivity index (χ1v) is 7.85. The molecular formula is C19H15F2NO4. The molecule has 1 heterocycles. The summed E-state index contributed by atoms with van der Waals surface area (Å²) in [7, 11) is 0. The molecule has 7 heteroatoms. The van der Waals surface area contributed by atoms with Crippen LogP contribution in [0.1, 0.15) is 21.5 Å². The summed E-state index contributed by atoms with van der Waals surface area (Å²) >= 11 is 0. The van der Waals surface area contributed by atoms with E-state index in [2.05, 4.69) is 0 Å². The van der Waals surface area contributed by atoms with Crippen LogP contribution in [-0.2, 0) is 13.0 Å². The molecule has 134 valence electrons. The second kappa shape index (κ2) is 7.05. The van der Waals surface area contributed by atoms with E-state index in [-0.39, 0.29) is 30.5 Å². The molecule has 0 atom stereocenters. The van der Waals surface area contributed by atoms with Gasteiger partial charge in [-0.1, -0.05) is 18.2 Å². The summed E-state index contributed by atoms with van der Waals surface area (Å²) in [6.45, 7) is -0.109. The molecule has 26 heavy (non-hydrogen) atoms. The smallest absolute Gasteiger partial charge is 0.341 e. The number of hydrogen-bond acceptors (Lipinski definition) is 3. The highest BCUT2D eigenvalue weighted by Crippen LogP contribution is 2.20. The third-order valence-corrected chi connectivity index (χ3v) is 4.14. The molecule has 0 bridgehead atoms. The lowest BCUT2D eigenvalue weighted by atomic mass is 10.0. The number of aliphatic hydroxyl groups is 1. The molecular weight excluding hydrogens is 344 g/mol. The van der Waals surface area contributed by atoms with E-state index in [1.54, 1.807) is 12.1 Å². The van der Waals surface area contributed by atoms with Crippen molar-refractivity contribution in [3.05, 3.63) is 81.1 Å². The van der Waals surface area contributed by atoms with Crippen molar-refractivity contribution in [2.24, 2.45) is 0 Å². The van der Waals surface area contributed by atoms with Gasteiger partial charge in [-0.3, -0.25) is 4.79 Å². The number of aromatic carboxylic acids is 1. The van der Waals surface area contributed by atoms with Crippen molar-refractivity contribution < 1.29 is 23.8 Å². The highest BCUT2D eigenvalue weighted by Gasteiger charge is 2.15. The zero-order valence-corrected chi connectivity index (χ0v) is 13.6. The largest absolute Gasteiger partial charge is 0.477 e. The predicted molar refractivity (Wildman–Crippen MR) is 91.4 cm³/mol. The molecule has 5 nitrogen and oxygen atoms in total. The number of benzene rings is 2. The predicted octanol–water partition coefficient (Wildman–Crippen LogP) is 2.56. The quantitative estimate of drug-likeness (QED) is 0.734. The molecule has 0 fully saturated rings. The number of carboxylic acid groups (broad SMARTS) is 1. The van der Waals surface area contributed by atoms with Crippen LogP contribution in [-0.4, -0.2) is 27.4 Å². The Morgan fingerprint density at radius 2 is 1.92 bits per heavy atom. The number of carbonyl (C=O) groups is 1. The van der Waals surface area contributed by atoms with Gasteiger partial charge in [0.25, 0.3) is 0 Å². The van der Waals surface area contributed by atoms with E-state index in [4.69, 9.17) is 5.11 Å². The summed E-state index contributed by atoms with van der Waals surface area (Å²) in [5.41, 5.74) is 0.0485. The van der Waals surface area contributed by atoms with Crippen LogP contribution in [0.5, 0.6) is 0 Å². The van der Waals surface area contributed by atoms with E-state index >= 15 is 0 Å². The number of pyridine rings is 1. The first kappa shape index (κ1) is 17.8. The second-order valence-electron chi connectivity index (χ2n) is 5.84. The molecule has 0 spiro atoms. The van der Waals surface area contributed by atoms with Gasteiger partial charge in [-0.25, -0.2) is 13.6 Å². The Bertz CT molecular complexity index is 1060. The molecule has 0 saturated heterocycles. The molecule has 0 aliphatic rings. The summed E-state index contributed by atoms with van der Waals surface area (Å²) in [4.78, 5) is 23.8. The third kappa shape index (κ3) is 3.21. The maximum atomic E-state index is 13.9. The van der Waals surface area contributed by atoms with E-state index in [0.717, 1.165) is 6.07 Å². The first-order valence-electron chi connectivity index (χ1n) is 7.85. The van der Waals surface area contributed by atoms with Crippen LogP contribution in [0.25, 0.3) is 10.9 Å². The number of hydrogen-bond donors (Lipinski definition) is 2. The van der Waals surface area contributed by atoms with Crippen LogP contribution in [0.15, 0.2) is 47.4 Å². The fourth-order valence-electron chi connectivity index (χ4n) is 2.90. The van der Waals surface area contributed by atoms with Crippen LogP contribution in [0.3, 0.4) is 0 Å². The Hall–Kier alpha value is -3.06. The highest BCUT2D eigenvalue weighted by atomic mass is 19.2. The highest BCUT2D eigenvalue weighted by molar-refractivity contribution is 5.92. The Morgan fingerprint density at radius 3 is 2.62 bits per heavy atom. The molecule has 1 aromatic heterocycles. The molecule has 3 rings (SSSR count). The molecule has 0 radical (unpaired) electrons. The Balaban J connectivity index is 2.15. The molecule has 0 amide bonds. The van der Waals surface area contributed by atoms with Gasteiger partial charge in [0.15, 0.2) is 11.6 Å². The minimum atomic E-state index is -1.37. The van der Waals surface area contributed by atoms with Crippen LogP contribution in [0.2, 0.25) is 0 Å². The third-order valence-electron chi connectivity index (χ3n) is 4.14. The van der Waals surface area contributed by atoms with Gasteiger partial charge in [0, 0.05) is 24.5 Å². The maximum Gasteiger partial charge on any atom is 0.341 e. The number of aromatic nitrogens is 1. The van der Waals surface area contributed by atoms with E-state index in [1.807, 2.05) is 0 Å². The van der Waals surface area contributed by atoms with Gasteiger partial charge in [-0.15, -0.1) is 0 Å². The molecule has 2 N–H and O–H groups in total. The lowest BCUT2D eigenvalue weighted by Gasteiger charge is -2.12. The van der Waals surface area contributed by atoms with E-state index in [1.165, 1.54) is 29.0 Å². The van der Waals surface area contributed by atoms with Crippen molar-refractivity contribution in [3.63, 3.8) is 0 Å². The summed E-state index contributed by atoms with van der Waals surface area (Å²) in [5, 5.41) is 18.5. The fraction of sp³-hybridized carbons (Fsp3) is 0.158. The maximum absolute atomic E-state index is 13.9. The average Bonchev–Trinajstić information content (AvgIpc) is 2.61. The van der Waals surface area contributed by atoms with Crippen molar-refractivity contribution in [3.8, 4) is 0 Å². The molecule has 0 saturated carbocycles. The molecule has 0 aliphatic carbocycles. The summed E-state index contributed by atoms with van der Waals surface area (Å²) in [5.74, 6) is -3.28. The summed E-state index contributed by atoms with van der Waals surface area (Å²) in [6.07, 6.45) is 1.24. The van der Waals surface area contributed by atoms with Crippen molar-refractivity contribution in [1.29, 1.82) is 0 Å². The topological polar surface area (TPSA) is 79.5 Å². The number of aliphatic hydroxyl groups excluding tert-OH is 1. The van der Waals surface area contributed by atoms with Gasteiger partial charge in [0.2, 0.25) is 5.43 Å². The fourth-order valence-corrected chi connectivity index (χ4v) is 2.90. The number of rotatable bonds is 5. The van der Waals surface area contributed by atoms with Crippen LogP contribution in [0, 0.1) is 11.6 Å². The van der Waals surface area contributed by atoms with Gasteiger partial charge in [0.1, 0.15) is 5.56 Å². The van der Waals surface area contributed by atoms with Gasteiger partial charge in [-0.2, -0.15) is 0 Å². The lowest BCUT2D eigenvalue weighted by Crippen LogP contribution is -2.20. The average molecular weight is 359 g/mol. The molecule has 3 aromatic rings. The Kier molecular flexibility index (Phi) is 4.81. The zero-order chi connectivity index (χ0) is 18.8. The number of fused-ring (bicyclic) bond motifs is 1. The van der Waals surface area contributed by atoms with Crippen molar-refractivity contribution in [2.75, 3.05) is 6.61 Å². The van der Waals surface area contributed by atoms with Gasteiger partial charge in [0.05, 0.1) is 12.1 Å². The minimum Gasteiger partial charge on any atom is -0.477 e. The Labute approximate surface area is 146 Å². The minimum absolute atomic E-state index is 0.0519. The van der Waals surface area contributed by atoms with E-state index in [0.29, 0.717) is 11.1 Å². The van der Waals surface area contributed by atoms with Gasteiger partial charge in [-0.05, 0) is 29.3 Å². The van der Waals surface area contributed by atoms with Crippen molar-refractivity contribution in [2.45, 2.75) is 13.0 Å². The zero-order valence-electron chi connectivity index (χ0n) is 13.6. The van der Waals surface area contributed by atoms with E-state index in [9.17, 15) is 23.5 Å². The first-order chi connectivity index (χ1) is 12.4. The van der Waals surface area contributed by atoms with Crippen LogP contribution in [0.4, 0.5) is 8.78 Å². The normalized spacial score (nSPS) is 11.0.